The van der Waals surface area contributed by atoms with Gasteiger partial charge < -0.3 is 5.32 Å². The quantitative estimate of drug-likeness (QED) is 0.754. The summed E-state index contributed by atoms with van der Waals surface area (Å²) in [5.41, 5.74) is -1.35. The lowest BCUT2D eigenvalue weighted by Gasteiger charge is -2.34. The van der Waals surface area contributed by atoms with Crippen LogP contribution in [0.3, 0.4) is 0 Å². The van der Waals surface area contributed by atoms with E-state index in [0.717, 1.165) is 12.8 Å². The first-order valence-electron chi connectivity index (χ1n) is 8.42. The number of halogens is 4. The van der Waals surface area contributed by atoms with Crippen molar-refractivity contribution in [3.8, 4) is 0 Å². The third-order valence-corrected chi connectivity index (χ3v) is 4.85. The minimum Gasteiger partial charge on any atom is -0.346 e. The van der Waals surface area contributed by atoms with E-state index in [1.807, 2.05) is 6.92 Å². The van der Waals surface area contributed by atoms with Crippen LogP contribution in [0.1, 0.15) is 49.9 Å². The first-order chi connectivity index (χ1) is 12.0. The van der Waals surface area contributed by atoms with Crippen LogP contribution in [0.2, 0.25) is 0 Å². The molecule has 0 radical (unpaired) electrons. The lowest BCUT2D eigenvalue weighted by atomic mass is 9.84. The molecule has 26 heavy (non-hydrogen) atoms. The maximum absolute atomic E-state index is 13.7. The van der Waals surface area contributed by atoms with Crippen LogP contribution in [-0.2, 0) is 0 Å². The van der Waals surface area contributed by atoms with Crippen LogP contribution in [0.4, 0.5) is 17.6 Å². The summed E-state index contributed by atoms with van der Waals surface area (Å²) < 4.78 is 52.8. The van der Waals surface area contributed by atoms with E-state index in [4.69, 9.17) is 0 Å². The second kappa shape index (κ2) is 6.21. The number of pyridine rings is 1. The zero-order chi connectivity index (χ0) is 19.2. The standard InChI is InChI=1S/C19H20F4N2O/c1-17(6-7-17)10-18(2,11-19(21,22)23)25-16(26)13-8-12-4-3-5-14(20)15(12)24-9-13/h3-5,8-9H,6-7,10-11H2,1-2H3,(H,25,26)/t18-/m0/s1. The van der Waals surface area contributed by atoms with Gasteiger partial charge in [-0.25, -0.2) is 4.39 Å². The third-order valence-electron chi connectivity index (χ3n) is 4.85. The van der Waals surface area contributed by atoms with Crippen LogP contribution in [0, 0.1) is 11.2 Å². The number of nitrogens with zero attached hydrogens (tertiary/aromatic N) is 1. The van der Waals surface area contributed by atoms with Gasteiger partial charge in [-0.3, -0.25) is 9.78 Å². The fourth-order valence-corrected chi connectivity index (χ4v) is 3.52. The van der Waals surface area contributed by atoms with Crippen molar-refractivity contribution in [2.24, 2.45) is 5.41 Å². The lowest BCUT2D eigenvalue weighted by Crippen LogP contribution is -2.50. The van der Waals surface area contributed by atoms with Gasteiger partial charge in [0.25, 0.3) is 5.91 Å². The number of para-hydroxylation sites is 1. The van der Waals surface area contributed by atoms with Gasteiger partial charge in [-0.1, -0.05) is 19.1 Å². The molecular weight excluding hydrogens is 348 g/mol. The molecule has 140 valence electrons. The predicted molar refractivity (Wildman–Crippen MR) is 90.2 cm³/mol. The Morgan fingerprint density at radius 2 is 2.00 bits per heavy atom. The van der Waals surface area contributed by atoms with Gasteiger partial charge in [0.1, 0.15) is 11.3 Å². The van der Waals surface area contributed by atoms with Gasteiger partial charge in [-0.05, 0) is 43.7 Å². The Morgan fingerprint density at radius 1 is 1.31 bits per heavy atom. The maximum Gasteiger partial charge on any atom is 0.391 e. The molecule has 7 heteroatoms. The molecule has 1 N–H and O–H groups in total. The Kier molecular flexibility index (Phi) is 4.45. The molecule has 1 atom stereocenters. The Morgan fingerprint density at radius 3 is 2.62 bits per heavy atom. The first-order valence-corrected chi connectivity index (χ1v) is 8.42. The molecule has 3 nitrogen and oxygen atoms in total. The van der Waals surface area contributed by atoms with Crippen LogP contribution < -0.4 is 5.32 Å². The molecule has 1 aliphatic rings. The fourth-order valence-electron chi connectivity index (χ4n) is 3.52. The fraction of sp³-hybridized carbons (Fsp3) is 0.474. The van der Waals surface area contributed by atoms with Crippen LogP contribution in [0.25, 0.3) is 10.9 Å². The van der Waals surface area contributed by atoms with Crippen molar-refractivity contribution in [1.82, 2.24) is 10.3 Å². The second-order valence-corrected chi connectivity index (χ2v) is 7.83. The highest BCUT2D eigenvalue weighted by molar-refractivity contribution is 5.97. The largest absolute Gasteiger partial charge is 0.391 e. The molecule has 0 unspecified atom stereocenters. The summed E-state index contributed by atoms with van der Waals surface area (Å²) in [6, 6.07) is 5.78. The van der Waals surface area contributed by atoms with E-state index in [1.54, 1.807) is 6.07 Å². The highest BCUT2D eigenvalue weighted by atomic mass is 19.4. The molecule has 0 spiro atoms. The molecule has 1 aliphatic carbocycles. The van der Waals surface area contributed by atoms with E-state index in [2.05, 4.69) is 10.3 Å². The number of amides is 1. The van der Waals surface area contributed by atoms with Crippen LogP contribution in [0.15, 0.2) is 30.5 Å². The Bertz CT molecular complexity index is 836. The number of benzene rings is 1. The highest BCUT2D eigenvalue weighted by Crippen LogP contribution is 2.52. The lowest BCUT2D eigenvalue weighted by molar-refractivity contribution is -0.149. The summed E-state index contributed by atoms with van der Waals surface area (Å²) in [5, 5.41) is 2.97. The normalized spacial score (nSPS) is 18.4. The number of hydrogen-bond donors (Lipinski definition) is 1. The van der Waals surface area contributed by atoms with Gasteiger partial charge in [0.2, 0.25) is 0 Å². The van der Waals surface area contributed by atoms with Crippen molar-refractivity contribution >= 4 is 16.8 Å². The maximum atomic E-state index is 13.7. The minimum absolute atomic E-state index is 0.109. The van der Waals surface area contributed by atoms with Crippen molar-refractivity contribution in [3.63, 3.8) is 0 Å². The number of hydrogen-bond acceptors (Lipinski definition) is 2. The summed E-state index contributed by atoms with van der Waals surface area (Å²) in [6.07, 6.45) is -2.34. The zero-order valence-corrected chi connectivity index (χ0v) is 14.6. The smallest absolute Gasteiger partial charge is 0.346 e. The summed E-state index contributed by atoms with van der Waals surface area (Å²) in [7, 11) is 0. The summed E-state index contributed by atoms with van der Waals surface area (Å²) in [6.45, 7) is 3.35. The molecule has 0 aliphatic heterocycles. The average Bonchev–Trinajstić information content (AvgIpc) is 3.21. The topological polar surface area (TPSA) is 42.0 Å². The molecule has 1 amide bonds. The van der Waals surface area contributed by atoms with E-state index in [0.29, 0.717) is 5.39 Å². The SMILES string of the molecule is CC1(C[C@@](C)(CC(F)(F)F)NC(=O)c2cnc3c(F)cccc3c2)CC1. The molecule has 1 aromatic carbocycles. The number of aromatic nitrogens is 1. The number of rotatable bonds is 5. The third kappa shape index (κ3) is 4.31. The molecular formula is C19H20F4N2O. The molecule has 3 rings (SSSR count). The van der Waals surface area contributed by atoms with E-state index in [1.165, 1.54) is 31.3 Å². The number of alkyl halides is 3. The molecule has 0 saturated heterocycles. The predicted octanol–water partition coefficient (Wildman–Crippen LogP) is 5.01. The number of carbonyl (C=O) groups excluding carboxylic acids is 1. The minimum atomic E-state index is -4.39. The highest BCUT2D eigenvalue weighted by Gasteiger charge is 2.48. The van der Waals surface area contributed by atoms with Gasteiger partial charge in [0.05, 0.1) is 12.0 Å². The average molecular weight is 368 g/mol. The van der Waals surface area contributed by atoms with Gasteiger partial charge in [-0.2, -0.15) is 13.2 Å². The van der Waals surface area contributed by atoms with Crippen molar-refractivity contribution in [1.29, 1.82) is 0 Å². The molecule has 2 aromatic rings. The number of fused-ring (bicyclic) bond motifs is 1. The summed E-state index contributed by atoms with van der Waals surface area (Å²) >= 11 is 0. The van der Waals surface area contributed by atoms with Crippen LogP contribution in [-0.4, -0.2) is 22.6 Å². The van der Waals surface area contributed by atoms with Crippen molar-refractivity contribution < 1.29 is 22.4 Å². The van der Waals surface area contributed by atoms with Crippen LogP contribution in [0.5, 0.6) is 0 Å². The van der Waals surface area contributed by atoms with E-state index in [-0.39, 0.29) is 22.9 Å². The van der Waals surface area contributed by atoms with E-state index >= 15 is 0 Å². The zero-order valence-electron chi connectivity index (χ0n) is 14.6. The Labute approximate surface area is 148 Å². The molecule has 0 bridgehead atoms. The van der Waals surface area contributed by atoms with Crippen molar-refractivity contribution in [2.75, 3.05) is 0 Å². The van der Waals surface area contributed by atoms with Gasteiger partial charge in [0, 0.05) is 17.1 Å². The van der Waals surface area contributed by atoms with Crippen LogP contribution >= 0.6 is 0 Å². The summed E-state index contributed by atoms with van der Waals surface area (Å²) in [5.74, 6) is -1.15. The summed E-state index contributed by atoms with van der Waals surface area (Å²) in [4.78, 5) is 16.5. The number of carbonyl (C=O) groups is 1. The van der Waals surface area contributed by atoms with Gasteiger partial charge in [0.15, 0.2) is 0 Å². The second-order valence-electron chi connectivity index (χ2n) is 7.83. The Balaban J connectivity index is 1.85. The van der Waals surface area contributed by atoms with E-state index in [9.17, 15) is 22.4 Å². The Hall–Kier alpha value is -2.18. The molecule has 1 saturated carbocycles. The van der Waals surface area contributed by atoms with Crippen molar-refractivity contribution in [2.45, 2.75) is 51.2 Å². The molecule has 1 fully saturated rings. The van der Waals surface area contributed by atoms with Crippen molar-refractivity contribution in [3.05, 3.63) is 41.8 Å². The van der Waals surface area contributed by atoms with E-state index < -0.39 is 29.9 Å². The molecule has 1 heterocycles. The van der Waals surface area contributed by atoms with Gasteiger partial charge >= 0.3 is 6.18 Å². The number of nitrogens with one attached hydrogen (secondary N) is 1. The first kappa shape index (κ1) is 18.6. The monoisotopic (exact) mass is 368 g/mol. The molecule has 1 aromatic heterocycles. The van der Waals surface area contributed by atoms with Gasteiger partial charge in [-0.15, -0.1) is 0 Å².